The number of thiocarbonyl (C=S) groups is 1. The van der Waals surface area contributed by atoms with E-state index in [1.54, 1.807) is 19.3 Å². The van der Waals surface area contributed by atoms with E-state index in [0.717, 1.165) is 18.8 Å². The summed E-state index contributed by atoms with van der Waals surface area (Å²) in [5.74, 6) is 0.743. The van der Waals surface area contributed by atoms with E-state index in [0.29, 0.717) is 22.9 Å². The molecule has 0 spiro atoms. The van der Waals surface area contributed by atoms with E-state index in [1.165, 1.54) is 30.2 Å². The van der Waals surface area contributed by atoms with Gasteiger partial charge in [0.05, 0.1) is 25.9 Å². The van der Waals surface area contributed by atoms with Crippen molar-refractivity contribution in [1.82, 2.24) is 5.32 Å². The van der Waals surface area contributed by atoms with Crippen LogP contribution in [0.4, 0.5) is 10.1 Å². The van der Waals surface area contributed by atoms with E-state index >= 15 is 0 Å². The highest BCUT2D eigenvalue weighted by atomic mass is 32.1. The summed E-state index contributed by atoms with van der Waals surface area (Å²) in [4.78, 5) is 1.53. The van der Waals surface area contributed by atoms with Crippen LogP contribution in [0.1, 0.15) is 36.6 Å². The molecule has 0 amide bonds. The minimum atomic E-state index is -0.237. The molecule has 3 rings (SSSR count). The van der Waals surface area contributed by atoms with Gasteiger partial charge in [-0.3, -0.25) is 0 Å². The third kappa shape index (κ3) is 4.80. The first-order valence-electron chi connectivity index (χ1n) is 8.82. The molecule has 0 bridgehead atoms. The highest BCUT2D eigenvalue weighted by Crippen LogP contribution is 2.14. The van der Waals surface area contributed by atoms with Gasteiger partial charge in [0.2, 0.25) is 0 Å². The molecule has 0 saturated carbocycles. The van der Waals surface area contributed by atoms with Gasteiger partial charge < -0.3 is 20.0 Å². The standard InChI is InChI=1S/C19H24FN3OS/c1-14-7-8-15(12-16(14)20)22-19(25)21-13-17(18-6-5-11-24-18)23-9-3-2-4-10-23/h5-8,11-12,17H,2-4,9-10,13H2,1H3,(H2,21,22,25)/p+1/t17-/m0/s1. The van der Waals surface area contributed by atoms with E-state index in [-0.39, 0.29) is 11.9 Å². The molecule has 1 aliphatic rings. The maximum atomic E-state index is 13.7. The predicted octanol–water partition coefficient (Wildman–Crippen LogP) is 2.82. The molecule has 1 atom stereocenters. The number of benzene rings is 1. The molecule has 25 heavy (non-hydrogen) atoms. The molecular formula is C19H25FN3OS+. The number of furan rings is 1. The van der Waals surface area contributed by atoms with Gasteiger partial charge in [-0.15, -0.1) is 0 Å². The monoisotopic (exact) mass is 362 g/mol. The summed E-state index contributed by atoms with van der Waals surface area (Å²) in [6.07, 6.45) is 5.52. The summed E-state index contributed by atoms with van der Waals surface area (Å²) >= 11 is 5.38. The average molecular weight is 362 g/mol. The summed E-state index contributed by atoms with van der Waals surface area (Å²) in [6.45, 7) is 4.72. The van der Waals surface area contributed by atoms with Gasteiger partial charge in [0.1, 0.15) is 5.82 Å². The topological polar surface area (TPSA) is 41.6 Å². The molecule has 1 saturated heterocycles. The van der Waals surface area contributed by atoms with Crippen molar-refractivity contribution in [3.05, 3.63) is 53.7 Å². The number of halogens is 1. The summed E-state index contributed by atoms with van der Waals surface area (Å²) in [7, 11) is 0. The molecule has 134 valence electrons. The molecule has 2 aromatic rings. The maximum Gasteiger partial charge on any atom is 0.171 e. The maximum absolute atomic E-state index is 13.7. The van der Waals surface area contributed by atoms with Gasteiger partial charge >= 0.3 is 0 Å². The van der Waals surface area contributed by atoms with Gasteiger partial charge in [-0.1, -0.05) is 6.07 Å². The van der Waals surface area contributed by atoms with Crippen molar-refractivity contribution in [3.8, 4) is 0 Å². The van der Waals surface area contributed by atoms with Crippen LogP contribution < -0.4 is 15.5 Å². The molecule has 4 nitrogen and oxygen atoms in total. The Hall–Kier alpha value is -1.92. The van der Waals surface area contributed by atoms with Crippen LogP contribution in [0.15, 0.2) is 41.0 Å². The lowest BCUT2D eigenvalue weighted by Gasteiger charge is -2.30. The van der Waals surface area contributed by atoms with Gasteiger partial charge in [0, 0.05) is 5.69 Å². The van der Waals surface area contributed by atoms with Gasteiger partial charge in [-0.25, -0.2) is 4.39 Å². The first-order chi connectivity index (χ1) is 12.1. The fraction of sp³-hybridized carbons (Fsp3) is 0.421. The SMILES string of the molecule is Cc1ccc(NC(=S)NC[C@@H](c2ccco2)[NH+]2CCCCC2)cc1F. The van der Waals surface area contributed by atoms with Crippen LogP contribution in [0.5, 0.6) is 0 Å². The molecular weight excluding hydrogens is 337 g/mol. The summed E-state index contributed by atoms with van der Waals surface area (Å²) in [6, 6.07) is 9.21. The second-order valence-electron chi connectivity index (χ2n) is 6.59. The quantitative estimate of drug-likeness (QED) is 0.716. The highest BCUT2D eigenvalue weighted by Gasteiger charge is 2.28. The van der Waals surface area contributed by atoms with Gasteiger partial charge in [0.15, 0.2) is 16.9 Å². The van der Waals surface area contributed by atoms with E-state index < -0.39 is 0 Å². The molecule has 6 heteroatoms. The molecule has 1 aromatic heterocycles. The third-order valence-electron chi connectivity index (χ3n) is 4.77. The molecule has 1 aromatic carbocycles. The van der Waals surface area contributed by atoms with Crippen molar-refractivity contribution in [2.24, 2.45) is 0 Å². The van der Waals surface area contributed by atoms with Crippen LogP contribution in [0.3, 0.4) is 0 Å². The molecule has 0 unspecified atom stereocenters. The number of anilines is 1. The lowest BCUT2D eigenvalue weighted by Crippen LogP contribution is -3.13. The van der Waals surface area contributed by atoms with Crippen LogP contribution >= 0.6 is 12.2 Å². The molecule has 1 fully saturated rings. The van der Waals surface area contributed by atoms with E-state index in [1.807, 2.05) is 18.2 Å². The molecule has 0 radical (unpaired) electrons. The number of likely N-dealkylation sites (tertiary alicyclic amines) is 1. The first kappa shape index (κ1) is 17.9. The van der Waals surface area contributed by atoms with Gasteiger partial charge in [0.25, 0.3) is 0 Å². The van der Waals surface area contributed by atoms with Crippen molar-refractivity contribution >= 4 is 23.0 Å². The Balaban J connectivity index is 1.60. The van der Waals surface area contributed by atoms with E-state index in [4.69, 9.17) is 16.6 Å². The minimum Gasteiger partial charge on any atom is -0.463 e. The first-order valence-corrected chi connectivity index (χ1v) is 9.23. The Labute approximate surface area is 153 Å². The minimum absolute atomic E-state index is 0.227. The largest absolute Gasteiger partial charge is 0.463 e. The number of quaternary nitrogens is 1. The fourth-order valence-corrected chi connectivity index (χ4v) is 3.53. The lowest BCUT2D eigenvalue weighted by molar-refractivity contribution is -0.936. The Morgan fingerprint density at radius 2 is 2.08 bits per heavy atom. The zero-order valence-electron chi connectivity index (χ0n) is 14.5. The van der Waals surface area contributed by atoms with Crippen LogP contribution in [-0.2, 0) is 0 Å². The van der Waals surface area contributed by atoms with Crippen molar-refractivity contribution in [2.75, 3.05) is 25.0 Å². The number of nitrogens with one attached hydrogen (secondary N) is 3. The normalized spacial score (nSPS) is 16.4. The number of aryl methyl sites for hydroxylation is 1. The molecule has 2 heterocycles. The number of piperidine rings is 1. The van der Waals surface area contributed by atoms with Crippen molar-refractivity contribution < 1.29 is 13.7 Å². The second kappa shape index (κ2) is 8.45. The smallest absolute Gasteiger partial charge is 0.171 e. The van der Waals surface area contributed by atoms with E-state index in [9.17, 15) is 4.39 Å². The van der Waals surface area contributed by atoms with Gasteiger partial charge in [-0.2, -0.15) is 0 Å². The Bertz CT molecular complexity index is 699. The lowest BCUT2D eigenvalue weighted by atomic mass is 10.1. The van der Waals surface area contributed by atoms with Crippen LogP contribution in [0.25, 0.3) is 0 Å². The van der Waals surface area contributed by atoms with Gasteiger partial charge in [-0.05, 0) is 68.2 Å². The van der Waals surface area contributed by atoms with Crippen LogP contribution in [0, 0.1) is 12.7 Å². The summed E-state index contributed by atoms with van der Waals surface area (Å²) in [5, 5.41) is 6.82. The molecule has 3 N–H and O–H groups in total. The fourth-order valence-electron chi connectivity index (χ4n) is 3.33. The van der Waals surface area contributed by atoms with E-state index in [2.05, 4.69) is 10.6 Å². The van der Waals surface area contributed by atoms with Crippen molar-refractivity contribution in [3.63, 3.8) is 0 Å². The highest BCUT2D eigenvalue weighted by molar-refractivity contribution is 7.80. The van der Waals surface area contributed by atoms with Crippen LogP contribution in [0.2, 0.25) is 0 Å². The molecule has 0 aliphatic carbocycles. The summed E-state index contributed by atoms with van der Waals surface area (Å²) in [5.41, 5.74) is 1.27. The number of rotatable bonds is 5. The summed E-state index contributed by atoms with van der Waals surface area (Å²) < 4.78 is 19.3. The van der Waals surface area contributed by atoms with Crippen LogP contribution in [-0.4, -0.2) is 24.7 Å². The Morgan fingerprint density at radius 1 is 1.28 bits per heavy atom. The Kier molecular flexibility index (Phi) is 6.04. The van der Waals surface area contributed by atoms with Crippen molar-refractivity contribution in [1.29, 1.82) is 0 Å². The zero-order valence-corrected chi connectivity index (χ0v) is 15.3. The molecule has 1 aliphatic heterocycles. The third-order valence-corrected chi connectivity index (χ3v) is 5.02. The predicted molar refractivity (Wildman–Crippen MR) is 101 cm³/mol. The number of hydrogen-bond donors (Lipinski definition) is 3. The van der Waals surface area contributed by atoms with Crippen molar-refractivity contribution in [2.45, 2.75) is 32.2 Å². The second-order valence-corrected chi connectivity index (χ2v) is 6.99. The Morgan fingerprint density at radius 3 is 2.76 bits per heavy atom. The average Bonchev–Trinajstić information content (AvgIpc) is 3.14. The zero-order chi connectivity index (χ0) is 17.6. The number of hydrogen-bond acceptors (Lipinski definition) is 2.